The third-order valence-electron chi connectivity index (χ3n) is 3.58. The van der Waals surface area contributed by atoms with Gasteiger partial charge in [0.1, 0.15) is 5.82 Å². The van der Waals surface area contributed by atoms with Gasteiger partial charge in [0.2, 0.25) is 0 Å². The van der Waals surface area contributed by atoms with Crippen LogP contribution in [0.1, 0.15) is 31.7 Å². The fraction of sp³-hybridized carbons (Fsp3) is 0.600. The van der Waals surface area contributed by atoms with Gasteiger partial charge in [0, 0.05) is 15.8 Å². The van der Waals surface area contributed by atoms with E-state index in [0.29, 0.717) is 11.3 Å². The number of hydrogen-bond acceptors (Lipinski definition) is 2. The molecule has 1 aromatic rings. The Morgan fingerprint density at radius 1 is 1.47 bits per heavy atom. The van der Waals surface area contributed by atoms with Gasteiger partial charge in [-0.15, -0.1) is 0 Å². The summed E-state index contributed by atoms with van der Waals surface area (Å²) in [5.41, 5.74) is 0.812. The topological polar surface area (TPSA) is 12.0 Å². The first kappa shape index (κ1) is 15.3. The Morgan fingerprint density at radius 3 is 3.00 bits per heavy atom. The van der Waals surface area contributed by atoms with Gasteiger partial charge < -0.3 is 5.32 Å². The van der Waals surface area contributed by atoms with E-state index in [0.717, 1.165) is 23.0 Å². The molecule has 1 aliphatic rings. The number of hydrogen-bond donors (Lipinski definition) is 1. The molecular weight excluding hydrogens is 325 g/mol. The average molecular weight is 346 g/mol. The lowest BCUT2D eigenvalue weighted by Gasteiger charge is -2.30. The molecule has 0 saturated carbocycles. The Bertz CT molecular complexity index is 407. The molecule has 0 spiro atoms. The highest BCUT2D eigenvalue weighted by atomic mass is 79.9. The summed E-state index contributed by atoms with van der Waals surface area (Å²) in [6, 6.07) is 5.60. The zero-order chi connectivity index (χ0) is 13.7. The van der Waals surface area contributed by atoms with Crippen LogP contribution in [0, 0.1) is 5.82 Å². The molecule has 19 heavy (non-hydrogen) atoms. The normalized spacial score (nSPS) is 21.3. The number of benzene rings is 1. The first-order valence-electron chi connectivity index (χ1n) is 6.99. The predicted octanol–water partition coefficient (Wildman–Crippen LogP) is 4.39. The van der Waals surface area contributed by atoms with E-state index in [4.69, 9.17) is 0 Å². The number of likely N-dealkylation sites (N-methyl/N-ethyl adjacent to an activating group) is 1. The average Bonchev–Trinajstić information content (AvgIpc) is 2.43. The van der Waals surface area contributed by atoms with E-state index in [1.54, 1.807) is 12.1 Å². The second-order valence-corrected chi connectivity index (χ2v) is 7.27. The molecule has 1 aromatic carbocycles. The molecule has 0 amide bonds. The standard InChI is InChI=1S/C15H21BrFNS/c1-2-18-14(15-5-3-4-8-19-15)10-11-9-12(16)6-7-13(11)17/h6-7,9,14-15,18H,2-5,8,10H2,1H3. The molecular formula is C15H21BrFNS. The maximum Gasteiger partial charge on any atom is 0.126 e. The van der Waals surface area contributed by atoms with E-state index in [1.165, 1.54) is 25.0 Å². The molecule has 1 nitrogen and oxygen atoms in total. The van der Waals surface area contributed by atoms with Crippen molar-refractivity contribution < 1.29 is 4.39 Å². The van der Waals surface area contributed by atoms with Crippen LogP contribution in [0.25, 0.3) is 0 Å². The molecule has 1 N–H and O–H groups in total. The molecule has 2 unspecified atom stereocenters. The Labute approximate surface area is 127 Å². The Kier molecular flexibility index (Phi) is 6.17. The first-order chi connectivity index (χ1) is 9.20. The molecule has 0 aliphatic carbocycles. The molecule has 2 atom stereocenters. The summed E-state index contributed by atoms with van der Waals surface area (Å²) in [5.74, 6) is 1.15. The van der Waals surface area contributed by atoms with Crippen LogP contribution in [-0.2, 0) is 6.42 Å². The van der Waals surface area contributed by atoms with Gasteiger partial charge in [-0.2, -0.15) is 11.8 Å². The molecule has 1 fully saturated rings. The first-order valence-corrected chi connectivity index (χ1v) is 8.83. The van der Waals surface area contributed by atoms with Crippen LogP contribution in [0.15, 0.2) is 22.7 Å². The smallest absolute Gasteiger partial charge is 0.126 e. The van der Waals surface area contributed by atoms with E-state index in [9.17, 15) is 4.39 Å². The van der Waals surface area contributed by atoms with Gasteiger partial charge in [-0.05, 0) is 55.3 Å². The molecule has 0 aromatic heterocycles. The van der Waals surface area contributed by atoms with Crippen molar-refractivity contribution in [1.82, 2.24) is 5.32 Å². The van der Waals surface area contributed by atoms with E-state index in [2.05, 4.69) is 28.2 Å². The van der Waals surface area contributed by atoms with Crippen molar-refractivity contribution >= 4 is 27.7 Å². The van der Waals surface area contributed by atoms with Crippen LogP contribution in [0.2, 0.25) is 0 Å². The van der Waals surface area contributed by atoms with E-state index in [-0.39, 0.29) is 5.82 Å². The second-order valence-electron chi connectivity index (χ2n) is 5.01. The minimum Gasteiger partial charge on any atom is -0.313 e. The van der Waals surface area contributed by atoms with Crippen molar-refractivity contribution in [3.8, 4) is 0 Å². The highest BCUT2D eigenvalue weighted by molar-refractivity contribution is 9.10. The van der Waals surface area contributed by atoms with Crippen LogP contribution in [-0.4, -0.2) is 23.6 Å². The van der Waals surface area contributed by atoms with Gasteiger partial charge in [-0.25, -0.2) is 4.39 Å². The molecule has 0 radical (unpaired) electrons. The molecule has 106 valence electrons. The zero-order valence-corrected chi connectivity index (χ0v) is 13.7. The van der Waals surface area contributed by atoms with E-state index < -0.39 is 0 Å². The van der Waals surface area contributed by atoms with Crippen LogP contribution in [0.5, 0.6) is 0 Å². The van der Waals surface area contributed by atoms with Crippen molar-refractivity contribution in [2.75, 3.05) is 12.3 Å². The molecule has 1 aliphatic heterocycles. The molecule has 1 heterocycles. The summed E-state index contributed by atoms with van der Waals surface area (Å²) in [6.07, 6.45) is 4.65. The van der Waals surface area contributed by atoms with Crippen LogP contribution in [0.3, 0.4) is 0 Å². The van der Waals surface area contributed by atoms with Gasteiger partial charge >= 0.3 is 0 Å². The highest BCUT2D eigenvalue weighted by Gasteiger charge is 2.24. The summed E-state index contributed by atoms with van der Waals surface area (Å²) in [7, 11) is 0. The maximum atomic E-state index is 13.9. The number of nitrogens with one attached hydrogen (secondary N) is 1. The third-order valence-corrected chi connectivity index (χ3v) is 5.59. The van der Waals surface area contributed by atoms with Crippen molar-refractivity contribution in [1.29, 1.82) is 0 Å². The van der Waals surface area contributed by atoms with Crippen molar-refractivity contribution in [3.05, 3.63) is 34.1 Å². The van der Waals surface area contributed by atoms with Gasteiger partial charge in [-0.3, -0.25) is 0 Å². The largest absolute Gasteiger partial charge is 0.313 e. The Balaban J connectivity index is 2.08. The molecule has 0 bridgehead atoms. The van der Waals surface area contributed by atoms with Gasteiger partial charge in [-0.1, -0.05) is 29.3 Å². The van der Waals surface area contributed by atoms with Gasteiger partial charge in [0.15, 0.2) is 0 Å². The van der Waals surface area contributed by atoms with Crippen molar-refractivity contribution in [3.63, 3.8) is 0 Å². The SMILES string of the molecule is CCNC(Cc1cc(Br)ccc1F)C1CCCCS1. The van der Waals surface area contributed by atoms with E-state index >= 15 is 0 Å². The van der Waals surface area contributed by atoms with E-state index in [1.807, 2.05) is 17.8 Å². The Hall–Kier alpha value is -0.0600. The third kappa shape index (κ3) is 4.47. The number of halogens is 2. The minimum absolute atomic E-state index is 0.0908. The highest BCUT2D eigenvalue weighted by Crippen LogP contribution is 2.29. The quantitative estimate of drug-likeness (QED) is 0.848. The summed E-state index contributed by atoms with van der Waals surface area (Å²) >= 11 is 5.47. The number of rotatable bonds is 5. The lowest BCUT2D eigenvalue weighted by atomic mass is 9.99. The molecule has 4 heteroatoms. The minimum atomic E-state index is -0.0908. The zero-order valence-electron chi connectivity index (χ0n) is 11.3. The second kappa shape index (κ2) is 7.65. The van der Waals surface area contributed by atoms with Crippen LogP contribution >= 0.6 is 27.7 Å². The fourth-order valence-electron chi connectivity index (χ4n) is 2.62. The van der Waals surface area contributed by atoms with Gasteiger partial charge in [0.25, 0.3) is 0 Å². The van der Waals surface area contributed by atoms with Crippen molar-refractivity contribution in [2.45, 2.75) is 43.9 Å². The predicted molar refractivity (Wildman–Crippen MR) is 85.4 cm³/mol. The summed E-state index contributed by atoms with van der Waals surface area (Å²) in [5, 5.41) is 4.16. The summed E-state index contributed by atoms with van der Waals surface area (Å²) in [4.78, 5) is 0. The summed E-state index contributed by atoms with van der Waals surface area (Å²) < 4.78 is 14.8. The summed E-state index contributed by atoms with van der Waals surface area (Å²) in [6.45, 7) is 3.06. The van der Waals surface area contributed by atoms with Crippen LogP contribution < -0.4 is 5.32 Å². The monoisotopic (exact) mass is 345 g/mol. The van der Waals surface area contributed by atoms with Gasteiger partial charge in [0.05, 0.1) is 0 Å². The van der Waals surface area contributed by atoms with Crippen molar-refractivity contribution in [2.24, 2.45) is 0 Å². The lowest BCUT2D eigenvalue weighted by molar-refractivity contribution is 0.463. The molecule has 2 rings (SSSR count). The number of thioether (sulfide) groups is 1. The molecule has 1 saturated heterocycles. The maximum absolute atomic E-state index is 13.9. The van der Waals surface area contributed by atoms with Crippen LogP contribution in [0.4, 0.5) is 4.39 Å². The Morgan fingerprint density at radius 2 is 2.32 bits per heavy atom. The fourth-order valence-corrected chi connectivity index (χ4v) is 4.46. The lowest BCUT2D eigenvalue weighted by Crippen LogP contribution is -2.41.